The van der Waals surface area contributed by atoms with Gasteiger partial charge >= 0.3 is 5.97 Å². The highest BCUT2D eigenvalue weighted by molar-refractivity contribution is 5.67. The summed E-state index contributed by atoms with van der Waals surface area (Å²) in [5.74, 6) is -2.46. The summed E-state index contributed by atoms with van der Waals surface area (Å²) in [7, 11) is 0. The highest BCUT2D eigenvalue weighted by Crippen LogP contribution is 2.29. The number of rotatable bonds is 3. The van der Waals surface area contributed by atoms with Crippen molar-refractivity contribution < 1.29 is 18.7 Å². The average molecular weight is 255 g/mol. The average Bonchev–Trinajstić information content (AvgIpc) is 2.32. The standard InChI is InChI=1S/C13H15F2NO2/c14-10-2-1-9(7-11(10)15)12-5-8(3-4-16-12)6-13(17)18/h1-2,7-8,12,16H,3-6H2,(H,17,18). The van der Waals surface area contributed by atoms with E-state index < -0.39 is 17.6 Å². The maximum atomic E-state index is 13.1. The highest BCUT2D eigenvalue weighted by Gasteiger charge is 2.24. The van der Waals surface area contributed by atoms with Gasteiger partial charge in [-0.05, 0) is 43.0 Å². The number of hydrogen-bond acceptors (Lipinski definition) is 2. The van der Waals surface area contributed by atoms with Crippen molar-refractivity contribution in [3.05, 3.63) is 35.4 Å². The number of carboxylic acid groups (broad SMARTS) is 1. The third kappa shape index (κ3) is 3.04. The van der Waals surface area contributed by atoms with Gasteiger partial charge < -0.3 is 10.4 Å². The van der Waals surface area contributed by atoms with Crippen molar-refractivity contribution in [3.63, 3.8) is 0 Å². The number of nitrogens with one attached hydrogen (secondary N) is 1. The molecule has 0 amide bonds. The van der Waals surface area contributed by atoms with Gasteiger partial charge in [-0.2, -0.15) is 0 Å². The van der Waals surface area contributed by atoms with E-state index in [2.05, 4.69) is 5.32 Å². The normalized spacial score (nSPS) is 23.9. The Morgan fingerprint density at radius 1 is 1.39 bits per heavy atom. The molecule has 0 aliphatic carbocycles. The van der Waals surface area contributed by atoms with Crippen LogP contribution in [-0.4, -0.2) is 17.6 Å². The summed E-state index contributed by atoms with van der Waals surface area (Å²) in [4.78, 5) is 10.7. The summed E-state index contributed by atoms with van der Waals surface area (Å²) in [6.07, 6.45) is 1.56. The minimum absolute atomic E-state index is 0.0851. The van der Waals surface area contributed by atoms with Gasteiger partial charge in [-0.1, -0.05) is 6.07 Å². The zero-order valence-corrected chi connectivity index (χ0v) is 9.83. The molecule has 1 saturated heterocycles. The lowest BCUT2D eigenvalue weighted by atomic mass is 9.87. The van der Waals surface area contributed by atoms with Crippen LogP contribution in [0.4, 0.5) is 8.78 Å². The van der Waals surface area contributed by atoms with Crippen LogP contribution >= 0.6 is 0 Å². The Morgan fingerprint density at radius 3 is 2.83 bits per heavy atom. The van der Waals surface area contributed by atoms with Gasteiger partial charge in [0.05, 0.1) is 0 Å². The van der Waals surface area contributed by atoms with Gasteiger partial charge in [-0.15, -0.1) is 0 Å². The Balaban J connectivity index is 2.08. The van der Waals surface area contributed by atoms with Crippen LogP contribution in [-0.2, 0) is 4.79 Å². The fourth-order valence-electron chi connectivity index (χ4n) is 2.41. The second kappa shape index (κ2) is 5.44. The van der Waals surface area contributed by atoms with E-state index in [1.165, 1.54) is 6.07 Å². The second-order valence-electron chi connectivity index (χ2n) is 4.67. The first-order valence-electron chi connectivity index (χ1n) is 5.96. The first kappa shape index (κ1) is 13.0. The molecule has 98 valence electrons. The number of piperidine rings is 1. The number of carbonyl (C=O) groups is 1. The number of carboxylic acids is 1. The van der Waals surface area contributed by atoms with E-state index in [1.807, 2.05) is 0 Å². The molecule has 5 heteroatoms. The summed E-state index contributed by atoms with van der Waals surface area (Å²) in [6.45, 7) is 0.696. The van der Waals surface area contributed by atoms with Crippen molar-refractivity contribution in [1.29, 1.82) is 0 Å². The summed E-state index contributed by atoms with van der Waals surface area (Å²) in [5.41, 5.74) is 0.670. The Morgan fingerprint density at radius 2 is 2.17 bits per heavy atom. The molecule has 1 fully saturated rings. The molecule has 1 aliphatic heterocycles. The maximum Gasteiger partial charge on any atom is 0.303 e. The topological polar surface area (TPSA) is 49.3 Å². The summed E-state index contributed by atoms with van der Waals surface area (Å²) in [6, 6.07) is 3.72. The molecule has 0 bridgehead atoms. The molecule has 0 saturated carbocycles. The summed E-state index contributed by atoms with van der Waals surface area (Å²) in [5, 5.41) is 12.0. The van der Waals surface area contributed by atoms with Crippen molar-refractivity contribution in [2.45, 2.75) is 25.3 Å². The van der Waals surface area contributed by atoms with E-state index in [-0.39, 0.29) is 18.4 Å². The summed E-state index contributed by atoms with van der Waals surface area (Å²) >= 11 is 0. The van der Waals surface area contributed by atoms with Gasteiger partial charge in [0.15, 0.2) is 11.6 Å². The Bertz CT molecular complexity index is 451. The lowest BCUT2D eigenvalue weighted by Gasteiger charge is -2.30. The van der Waals surface area contributed by atoms with E-state index in [1.54, 1.807) is 6.07 Å². The van der Waals surface area contributed by atoms with Gasteiger partial charge in [0, 0.05) is 12.5 Å². The molecule has 2 unspecified atom stereocenters. The zero-order valence-electron chi connectivity index (χ0n) is 9.83. The predicted molar refractivity (Wildman–Crippen MR) is 62.1 cm³/mol. The van der Waals surface area contributed by atoms with E-state index in [0.29, 0.717) is 18.5 Å². The third-order valence-electron chi connectivity index (χ3n) is 3.32. The van der Waals surface area contributed by atoms with E-state index in [0.717, 1.165) is 12.5 Å². The third-order valence-corrected chi connectivity index (χ3v) is 3.32. The molecular weight excluding hydrogens is 240 g/mol. The van der Waals surface area contributed by atoms with Crippen LogP contribution in [0.3, 0.4) is 0 Å². The fourth-order valence-corrected chi connectivity index (χ4v) is 2.41. The maximum absolute atomic E-state index is 13.1. The summed E-state index contributed by atoms with van der Waals surface area (Å²) < 4.78 is 26.0. The quantitative estimate of drug-likeness (QED) is 0.872. The molecule has 1 heterocycles. The zero-order chi connectivity index (χ0) is 13.1. The Hall–Kier alpha value is -1.49. The molecule has 18 heavy (non-hydrogen) atoms. The number of halogens is 2. The van der Waals surface area contributed by atoms with Crippen molar-refractivity contribution in [1.82, 2.24) is 5.32 Å². The van der Waals surface area contributed by atoms with Crippen molar-refractivity contribution in [3.8, 4) is 0 Å². The van der Waals surface area contributed by atoms with E-state index in [9.17, 15) is 13.6 Å². The van der Waals surface area contributed by atoms with Gasteiger partial charge in [-0.25, -0.2) is 8.78 Å². The van der Waals surface area contributed by atoms with Crippen LogP contribution in [0.2, 0.25) is 0 Å². The van der Waals surface area contributed by atoms with Crippen LogP contribution < -0.4 is 5.32 Å². The molecule has 1 aromatic carbocycles. The monoisotopic (exact) mass is 255 g/mol. The van der Waals surface area contributed by atoms with Crippen molar-refractivity contribution >= 4 is 5.97 Å². The second-order valence-corrected chi connectivity index (χ2v) is 4.67. The fraction of sp³-hybridized carbons (Fsp3) is 0.462. The SMILES string of the molecule is O=C(O)CC1CCNC(c2ccc(F)c(F)c2)C1. The molecule has 3 nitrogen and oxygen atoms in total. The lowest BCUT2D eigenvalue weighted by Crippen LogP contribution is -2.32. The van der Waals surface area contributed by atoms with Gasteiger partial charge in [0.2, 0.25) is 0 Å². The van der Waals surface area contributed by atoms with E-state index in [4.69, 9.17) is 5.11 Å². The van der Waals surface area contributed by atoms with Crippen LogP contribution in [0, 0.1) is 17.6 Å². The van der Waals surface area contributed by atoms with Crippen LogP contribution in [0.5, 0.6) is 0 Å². The number of aliphatic carboxylic acids is 1. The Kier molecular flexibility index (Phi) is 3.91. The molecular formula is C13H15F2NO2. The molecule has 2 rings (SSSR count). The largest absolute Gasteiger partial charge is 0.481 e. The van der Waals surface area contributed by atoms with Crippen LogP contribution in [0.15, 0.2) is 18.2 Å². The molecule has 0 radical (unpaired) electrons. The Labute approximate surface area is 104 Å². The van der Waals surface area contributed by atoms with Crippen LogP contribution in [0.1, 0.15) is 30.9 Å². The first-order valence-corrected chi connectivity index (χ1v) is 5.96. The predicted octanol–water partition coefficient (Wildman–Crippen LogP) is 2.48. The van der Waals surface area contributed by atoms with Gasteiger partial charge in [-0.3, -0.25) is 4.79 Å². The smallest absolute Gasteiger partial charge is 0.303 e. The van der Waals surface area contributed by atoms with Crippen molar-refractivity contribution in [2.24, 2.45) is 5.92 Å². The van der Waals surface area contributed by atoms with Gasteiger partial charge in [0.25, 0.3) is 0 Å². The van der Waals surface area contributed by atoms with Crippen molar-refractivity contribution in [2.75, 3.05) is 6.54 Å². The molecule has 1 aromatic rings. The van der Waals surface area contributed by atoms with Gasteiger partial charge in [0.1, 0.15) is 0 Å². The molecule has 1 aliphatic rings. The minimum Gasteiger partial charge on any atom is -0.481 e. The van der Waals surface area contributed by atoms with Crippen LogP contribution in [0.25, 0.3) is 0 Å². The molecule has 2 atom stereocenters. The molecule has 0 spiro atoms. The number of benzene rings is 1. The van der Waals surface area contributed by atoms with E-state index >= 15 is 0 Å². The lowest BCUT2D eigenvalue weighted by molar-refractivity contribution is -0.138. The highest BCUT2D eigenvalue weighted by atomic mass is 19.2. The number of hydrogen-bond donors (Lipinski definition) is 2. The minimum atomic E-state index is -0.866. The molecule has 2 N–H and O–H groups in total. The first-order chi connectivity index (χ1) is 8.56. The molecule has 0 aromatic heterocycles.